The molecule has 0 radical (unpaired) electrons. The van der Waals surface area contributed by atoms with Gasteiger partial charge < -0.3 is 19.9 Å². The number of hydrogen-bond acceptors (Lipinski definition) is 4. The summed E-state index contributed by atoms with van der Waals surface area (Å²) < 4.78 is 16.4. The van der Waals surface area contributed by atoms with E-state index in [0.717, 1.165) is 11.5 Å². The molecule has 4 heteroatoms. The van der Waals surface area contributed by atoms with Gasteiger partial charge >= 0.3 is 0 Å². The normalized spacial score (nSPS) is 10.4. The van der Waals surface area contributed by atoms with Crippen LogP contribution in [0.2, 0.25) is 0 Å². The average molecular weight is 273 g/mol. The van der Waals surface area contributed by atoms with E-state index in [-0.39, 0.29) is 6.10 Å². The number of anilines is 1. The molecule has 20 heavy (non-hydrogen) atoms. The summed E-state index contributed by atoms with van der Waals surface area (Å²) in [5.74, 6) is 2.85. The van der Waals surface area contributed by atoms with Crippen molar-refractivity contribution in [2.45, 2.75) is 20.0 Å². The van der Waals surface area contributed by atoms with Crippen molar-refractivity contribution in [2.75, 3.05) is 12.8 Å². The molecule has 0 saturated heterocycles. The number of ether oxygens (including phenoxy) is 3. The van der Waals surface area contributed by atoms with Crippen molar-refractivity contribution in [3.05, 3.63) is 42.5 Å². The Hall–Kier alpha value is -2.36. The Morgan fingerprint density at radius 2 is 1.50 bits per heavy atom. The number of rotatable bonds is 5. The maximum absolute atomic E-state index is 5.84. The molecule has 0 fully saturated rings. The monoisotopic (exact) mass is 273 g/mol. The third-order valence-electron chi connectivity index (χ3n) is 2.63. The summed E-state index contributed by atoms with van der Waals surface area (Å²) >= 11 is 0. The maximum Gasteiger partial charge on any atom is 0.142 e. The van der Waals surface area contributed by atoms with Gasteiger partial charge in [0, 0.05) is 6.07 Å². The molecule has 2 aromatic carbocycles. The molecule has 0 amide bonds. The van der Waals surface area contributed by atoms with Crippen LogP contribution in [0.1, 0.15) is 13.8 Å². The fourth-order valence-electron chi connectivity index (χ4n) is 1.77. The molecule has 0 aliphatic carbocycles. The molecule has 2 rings (SSSR count). The molecular formula is C16H19NO3. The Bertz CT molecular complexity index is 564. The second-order valence-electron chi connectivity index (χ2n) is 4.64. The van der Waals surface area contributed by atoms with E-state index in [2.05, 4.69) is 0 Å². The zero-order chi connectivity index (χ0) is 14.5. The lowest BCUT2D eigenvalue weighted by Crippen LogP contribution is -2.05. The smallest absolute Gasteiger partial charge is 0.142 e. The molecule has 0 bridgehead atoms. The van der Waals surface area contributed by atoms with Crippen molar-refractivity contribution in [3.63, 3.8) is 0 Å². The van der Waals surface area contributed by atoms with Crippen LogP contribution in [0.25, 0.3) is 0 Å². The number of nitrogen functional groups attached to an aromatic ring is 1. The van der Waals surface area contributed by atoms with Crippen molar-refractivity contribution >= 4 is 5.69 Å². The summed E-state index contributed by atoms with van der Waals surface area (Å²) in [7, 11) is 1.58. The van der Waals surface area contributed by atoms with E-state index in [1.165, 1.54) is 0 Å². The highest BCUT2D eigenvalue weighted by Crippen LogP contribution is 2.30. The standard InChI is InChI=1S/C16H19NO3/c1-11(2)19-12-4-6-13(7-5-12)20-14-8-9-16(18-3)15(17)10-14/h4-11H,17H2,1-3H3. The van der Waals surface area contributed by atoms with Gasteiger partial charge in [-0.15, -0.1) is 0 Å². The minimum Gasteiger partial charge on any atom is -0.495 e. The predicted molar refractivity (Wildman–Crippen MR) is 79.7 cm³/mol. The van der Waals surface area contributed by atoms with E-state index >= 15 is 0 Å². The van der Waals surface area contributed by atoms with Gasteiger partial charge in [0.2, 0.25) is 0 Å². The number of benzene rings is 2. The summed E-state index contributed by atoms with van der Waals surface area (Å²) in [6.45, 7) is 3.98. The third-order valence-corrected chi connectivity index (χ3v) is 2.63. The van der Waals surface area contributed by atoms with E-state index in [0.29, 0.717) is 17.2 Å². The second kappa shape index (κ2) is 6.19. The maximum atomic E-state index is 5.84. The molecule has 2 N–H and O–H groups in total. The van der Waals surface area contributed by atoms with E-state index in [1.54, 1.807) is 19.2 Å². The van der Waals surface area contributed by atoms with Crippen LogP contribution in [-0.4, -0.2) is 13.2 Å². The molecule has 0 spiro atoms. The van der Waals surface area contributed by atoms with Crippen LogP contribution in [0, 0.1) is 0 Å². The molecule has 2 aromatic rings. The van der Waals surface area contributed by atoms with E-state index < -0.39 is 0 Å². The van der Waals surface area contributed by atoms with Crippen molar-refractivity contribution in [2.24, 2.45) is 0 Å². The lowest BCUT2D eigenvalue weighted by molar-refractivity contribution is 0.242. The molecule has 0 atom stereocenters. The van der Waals surface area contributed by atoms with E-state index in [9.17, 15) is 0 Å². The van der Waals surface area contributed by atoms with Crippen LogP contribution in [0.3, 0.4) is 0 Å². The molecule has 0 aromatic heterocycles. The number of methoxy groups -OCH3 is 1. The highest BCUT2D eigenvalue weighted by atomic mass is 16.5. The largest absolute Gasteiger partial charge is 0.495 e. The first kappa shape index (κ1) is 14.1. The highest BCUT2D eigenvalue weighted by molar-refractivity contribution is 5.56. The van der Waals surface area contributed by atoms with Gasteiger partial charge in [-0.1, -0.05) is 0 Å². The van der Waals surface area contributed by atoms with Crippen molar-refractivity contribution in [1.82, 2.24) is 0 Å². The van der Waals surface area contributed by atoms with Gasteiger partial charge in [0.1, 0.15) is 23.0 Å². The molecule has 0 aliphatic heterocycles. The fraction of sp³-hybridized carbons (Fsp3) is 0.250. The van der Waals surface area contributed by atoms with Crippen LogP contribution in [0.15, 0.2) is 42.5 Å². The zero-order valence-corrected chi connectivity index (χ0v) is 11.9. The van der Waals surface area contributed by atoms with Crippen molar-refractivity contribution in [1.29, 1.82) is 0 Å². The van der Waals surface area contributed by atoms with Crippen molar-refractivity contribution in [3.8, 4) is 23.0 Å². The molecule has 0 aliphatic rings. The van der Waals surface area contributed by atoms with Gasteiger partial charge in [-0.25, -0.2) is 0 Å². The SMILES string of the molecule is COc1ccc(Oc2ccc(OC(C)C)cc2)cc1N. The Balaban J connectivity index is 2.08. The summed E-state index contributed by atoms with van der Waals surface area (Å²) in [4.78, 5) is 0. The molecule has 4 nitrogen and oxygen atoms in total. The second-order valence-corrected chi connectivity index (χ2v) is 4.64. The highest BCUT2D eigenvalue weighted by Gasteiger charge is 2.03. The summed E-state index contributed by atoms with van der Waals surface area (Å²) in [5.41, 5.74) is 6.39. The molecule has 0 unspecified atom stereocenters. The fourth-order valence-corrected chi connectivity index (χ4v) is 1.77. The van der Waals surface area contributed by atoms with Crippen molar-refractivity contribution < 1.29 is 14.2 Å². The lowest BCUT2D eigenvalue weighted by Gasteiger charge is -2.11. The van der Waals surface area contributed by atoms with Gasteiger partial charge in [-0.2, -0.15) is 0 Å². The number of nitrogens with two attached hydrogens (primary N) is 1. The van der Waals surface area contributed by atoms with Gasteiger partial charge in [0.15, 0.2) is 0 Å². The molecule has 0 saturated carbocycles. The van der Waals surface area contributed by atoms with Gasteiger partial charge in [-0.05, 0) is 50.2 Å². The molecule has 106 valence electrons. The quantitative estimate of drug-likeness (QED) is 0.840. The predicted octanol–water partition coefficient (Wildman–Crippen LogP) is 3.86. The zero-order valence-electron chi connectivity index (χ0n) is 11.9. The van der Waals surface area contributed by atoms with Crippen LogP contribution >= 0.6 is 0 Å². The van der Waals surface area contributed by atoms with Crippen LogP contribution in [-0.2, 0) is 0 Å². The molecular weight excluding hydrogens is 254 g/mol. The Labute approximate surface area is 119 Å². The first-order valence-corrected chi connectivity index (χ1v) is 6.46. The summed E-state index contributed by atoms with van der Waals surface area (Å²) in [6, 6.07) is 12.8. The first-order valence-electron chi connectivity index (χ1n) is 6.46. The van der Waals surface area contributed by atoms with Crippen LogP contribution < -0.4 is 19.9 Å². The van der Waals surface area contributed by atoms with E-state index in [4.69, 9.17) is 19.9 Å². The van der Waals surface area contributed by atoms with Crippen LogP contribution in [0.5, 0.6) is 23.0 Å². The van der Waals surface area contributed by atoms with Gasteiger partial charge in [0.05, 0.1) is 18.9 Å². The molecule has 0 heterocycles. The Kier molecular flexibility index (Phi) is 4.35. The Morgan fingerprint density at radius 3 is 2.05 bits per heavy atom. The lowest BCUT2D eigenvalue weighted by atomic mass is 10.2. The summed E-state index contributed by atoms with van der Waals surface area (Å²) in [6.07, 6.45) is 0.156. The van der Waals surface area contributed by atoms with E-state index in [1.807, 2.05) is 44.2 Å². The average Bonchev–Trinajstić information content (AvgIpc) is 2.41. The number of hydrogen-bond donors (Lipinski definition) is 1. The minimum atomic E-state index is 0.156. The summed E-state index contributed by atoms with van der Waals surface area (Å²) in [5, 5.41) is 0. The third kappa shape index (κ3) is 3.57. The first-order chi connectivity index (χ1) is 9.58. The topological polar surface area (TPSA) is 53.7 Å². The Morgan fingerprint density at radius 1 is 0.900 bits per heavy atom. The van der Waals surface area contributed by atoms with Gasteiger partial charge in [0.25, 0.3) is 0 Å². The minimum absolute atomic E-state index is 0.156. The van der Waals surface area contributed by atoms with Gasteiger partial charge in [-0.3, -0.25) is 0 Å². The van der Waals surface area contributed by atoms with Crippen LogP contribution in [0.4, 0.5) is 5.69 Å².